The van der Waals surface area contributed by atoms with Gasteiger partial charge in [0.2, 0.25) is 0 Å². The maximum atomic E-state index is 5.91. The monoisotopic (exact) mass is 251 g/mol. The lowest BCUT2D eigenvalue weighted by Crippen LogP contribution is -2.02. The Kier molecular flexibility index (Phi) is 2.09. The highest BCUT2D eigenvalue weighted by atomic mass is 15.0. The van der Waals surface area contributed by atoms with Gasteiger partial charge in [-0.05, 0) is 25.0 Å². The number of fused-ring (bicyclic) bond motifs is 1. The van der Waals surface area contributed by atoms with E-state index in [2.05, 4.69) is 15.0 Å². The van der Waals surface area contributed by atoms with E-state index in [4.69, 9.17) is 5.73 Å². The lowest BCUT2D eigenvalue weighted by atomic mass is 10.2. The van der Waals surface area contributed by atoms with Gasteiger partial charge in [0.25, 0.3) is 0 Å². The van der Waals surface area contributed by atoms with Gasteiger partial charge < -0.3 is 5.73 Å². The van der Waals surface area contributed by atoms with Gasteiger partial charge in [0.15, 0.2) is 0 Å². The Balaban J connectivity index is 1.93. The number of rotatable bonds is 2. The molecule has 19 heavy (non-hydrogen) atoms. The Morgan fingerprint density at radius 2 is 2.11 bits per heavy atom. The zero-order valence-electron chi connectivity index (χ0n) is 10.3. The Bertz CT molecular complexity index is 757. The van der Waals surface area contributed by atoms with Crippen LogP contribution in [0, 0.1) is 0 Å². The van der Waals surface area contributed by atoms with Crippen LogP contribution < -0.4 is 5.73 Å². The fourth-order valence-corrected chi connectivity index (χ4v) is 2.30. The summed E-state index contributed by atoms with van der Waals surface area (Å²) in [6, 6.07) is 7.79. The number of hydrogen-bond donors (Lipinski definition) is 1. The molecule has 0 atom stereocenters. The summed E-state index contributed by atoms with van der Waals surface area (Å²) in [6.07, 6.45) is 6.04. The van der Waals surface area contributed by atoms with Gasteiger partial charge in [-0.25, -0.2) is 15.0 Å². The van der Waals surface area contributed by atoms with Gasteiger partial charge in [0, 0.05) is 24.4 Å². The molecule has 1 saturated carbocycles. The van der Waals surface area contributed by atoms with Crippen molar-refractivity contribution in [2.75, 3.05) is 5.73 Å². The Labute approximate surface area is 110 Å². The Hall–Kier alpha value is -2.43. The first-order chi connectivity index (χ1) is 9.31. The molecule has 3 aromatic heterocycles. The number of hydrogen-bond acceptors (Lipinski definition) is 4. The number of imidazole rings is 1. The smallest absolute Gasteiger partial charge is 0.137 e. The molecule has 0 aromatic carbocycles. The van der Waals surface area contributed by atoms with Crippen LogP contribution in [0.25, 0.3) is 17.0 Å². The first-order valence-corrected chi connectivity index (χ1v) is 6.38. The predicted octanol–water partition coefficient (Wildman–Crippen LogP) is 2.25. The van der Waals surface area contributed by atoms with E-state index in [9.17, 15) is 0 Å². The second-order valence-electron chi connectivity index (χ2n) is 4.88. The number of aromatic nitrogens is 4. The molecule has 0 spiro atoms. The maximum absolute atomic E-state index is 5.91. The number of pyridine rings is 1. The van der Waals surface area contributed by atoms with Crippen LogP contribution in [0.2, 0.25) is 0 Å². The lowest BCUT2D eigenvalue weighted by Gasteiger charge is -2.07. The van der Waals surface area contributed by atoms with Crippen LogP contribution in [-0.4, -0.2) is 19.4 Å². The molecule has 0 aliphatic heterocycles. The molecule has 0 unspecified atom stereocenters. The summed E-state index contributed by atoms with van der Waals surface area (Å²) in [5.74, 6) is 1.89. The first kappa shape index (κ1) is 10.5. The minimum Gasteiger partial charge on any atom is -0.384 e. The van der Waals surface area contributed by atoms with Crippen molar-refractivity contribution in [1.82, 2.24) is 19.4 Å². The molecular weight excluding hydrogens is 238 g/mol. The third-order valence-electron chi connectivity index (χ3n) is 3.40. The van der Waals surface area contributed by atoms with E-state index >= 15 is 0 Å². The van der Waals surface area contributed by atoms with E-state index < -0.39 is 0 Å². The van der Waals surface area contributed by atoms with E-state index in [-0.39, 0.29) is 0 Å². The molecule has 3 heterocycles. The van der Waals surface area contributed by atoms with E-state index in [1.165, 1.54) is 0 Å². The van der Waals surface area contributed by atoms with Gasteiger partial charge in [-0.15, -0.1) is 0 Å². The van der Waals surface area contributed by atoms with Crippen LogP contribution in [-0.2, 0) is 0 Å². The second-order valence-corrected chi connectivity index (χ2v) is 4.88. The summed E-state index contributed by atoms with van der Waals surface area (Å²) in [5, 5.41) is 0. The average molecular weight is 251 g/mol. The summed E-state index contributed by atoms with van der Waals surface area (Å²) >= 11 is 0. The van der Waals surface area contributed by atoms with Gasteiger partial charge in [0.1, 0.15) is 17.3 Å². The lowest BCUT2D eigenvalue weighted by molar-refractivity contribution is 0.931. The Morgan fingerprint density at radius 1 is 1.21 bits per heavy atom. The normalized spacial score (nSPS) is 14.9. The molecule has 4 rings (SSSR count). The third-order valence-corrected chi connectivity index (χ3v) is 3.40. The molecular formula is C14H13N5. The SMILES string of the molecule is Nc1cc(-c2cccc3nccn23)nc(C2CC2)n1. The van der Waals surface area contributed by atoms with Crippen LogP contribution in [0.1, 0.15) is 24.6 Å². The molecule has 3 aromatic rings. The van der Waals surface area contributed by atoms with E-state index in [0.29, 0.717) is 11.7 Å². The van der Waals surface area contributed by atoms with Crippen molar-refractivity contribution < 1.29 is 0 Å². The van der Waals surface area contributed by atoms with Crippen molar-refractivity contribution in [3.63, 3.8) is 0 Å². The van der Waals surface area contributed by atoms with Gasteiger partial charge in [0.05, 0.1) is 11.4 Å². The van der Waals surface area contributed by atoms with Crippen LogP contribution >= 0.6 is 0 Å². The van der Waals surface area contributed by atoms with E-state index in [1.54, 1.807) is 6.20 Å². The highest BCUT2D eigenvalue weighted by molar-refractivity contribution is 5.62. The standard InChI is InChI=1S/C14H13N5/c15-12-8-10(17-14(18-12)9-4-5-9)11-2-1-3-13-16-6-7-19(11)13/h1-3,6-9H,4-5H2,(H2,15,17,18). The first-order valence-electron chi connectivity index (χ1n) is 6.38. The summed E-state index contributed by atoms with van der Waals surface area (Å²) in [6.45, 7) is 0. The highest BCUT2D eigenvalue weighted by Gasteiger charge is 2.27. The number of nitrogens with zero attached hydrogens (tertiary/aromatic N) is 4. The molecule has 0 saturated heterocycles. The molecule has 5 heteroatoms. The molecule has 1 aliphatic carbocycles. The van der Waals surface area contributed by atoms with Crippen molar-refractivity contribution in [2.24, 2.45) is 0 Å². The van der Waals surface area contributed by atoms with Crippen LogP contribution in [0.3, 0.4) is 0 Å². The molecule has 2 N–H and O–H groups in total. The average Bonchev–Trinajstić information content (AvgIpc) is 3.15. The summed E-state index contributed by atoms with van der Waals surface area (Å²) < 4.78 is 2.01. The van der Waals surface area contributed by atoms with E-state index in [1.807, 2.05) is 34.9 Å². The minimum atomic E-state index is 0.490. The van der Waals surface area contributed by atoms with Gasteiger partial charge in [-0.2, -0.15) is 0 Å². The number of anilines is 1. The highest BCUT2D eigenvalue weighted by Crippen LogP contribution is 2.39. The largest absolute Gasteiger partial charge is 0.384 e. The summed E-state index contributed by atoms with van der Waals surface area (Å²) in [5.41, 5.74) is 8.66. The fraction of sp³-hybridized carbons (Fsp3) is 0.214. The van der Waals surface area contributed by atoms with Crippen LogP contribution in [0.4, 0.5) is 5.82 Å². The fourth-order valence-electron chi connectivity index (χ4n) is 2.30. The maximum Gasteiger partial charge on any atom is 0.137 e. The van der Waals surface area contributed by atoms with Crippen molar-refractivity contribution in [1.29, 1.82) is 0 Å². The summed E-state index contributed by atoms with van der Waals surface area (Å²) in [7, 11) is 0. The second kappa shape index (κ2) is 3.78. The number of nitrogens with two attached hydrogens (primary N) is 1. The van der Waals surface area contributed by atoms with Crippen molar-refractivity contribution in [3.05, 3.63) is 42.5 Å². The molecule has 0 bridgehead atoms. The van der Waals surface area contributed by atoms with Gasteiger partial charge in [-0.1, -0.05) is 6.07 Å². The third kappa shape index (κ3) is 1.74. The van der Waals surface area contributed by atoms with Crippen LogP contribution in [0.15, 0.2) is 36.7 Å². The zero-order valence-corrected chi connectivity index (χ0v) is 10.3. The molecule has 0 radical (unpaired) electrons. The predicted molar refractivity (Wildman–Crippen MR) is 72.6 cm³/mol. The topological polar surface area (TPSA) is 69.1 Å². The van der Waals surface area contributed by atoms with Gasteiger partial charge >= 0.3 is 0 Å². The quantitative estimate of drug-likeness (QED) is 0.758. The van der Waals surface area contributed by atoms with Crippen molar-refractivity contribution in [3.8, 4) is 11.4 Å². The molecule has 0 amide bonds. The van der Waals surface area contributed by atoms with Gasteiger partial charge in [-0.3, -0.25) is 4.40 Å². The van der Waals surface area contributed by atoms with Crippen molar-refractivity contribution in [2.45, 2.75) is 18.8 Å². The van der Waals surface area contributed by atoms with Crippen molar-refractivity contribution >= 4 is 11.5 Å². The Morgan fingerprint density at radius 3 is 2.95 bits per heavy atom. The molecule has 1 fully saturated rings. The summed E-state index contributed by atoms with van der Waals surface area (Å²) in [4.78, 5) is 13.3. The molecule has 94 valence electrons. The molecule has 5 nitrogen and oxygen atoms in total. The van der Waals surface area contributed by atoms with Crippen LogP contribution in [0.5, 0.6) is 0 Å². The number of nitrogen functional groups attached to an aromatic ring is 1. The zero-order chi connectivity index (χ0) is 12.8. The molecule has 1 aliphatic rings. The van der Waals surface area contributed by atoms with E-state index in [0.717, 1.165) is 35.7 Å². The minimum absolute atomic E-state index is 0.490.